The average Bonchev–Trinajstić information content (AvgIpc) is 3.26. The molecular weight excluding hydrogens is 455 g/mol. The van der Waals surface area contributed by atoms with E-state index in [4.69, 9.17) is 4.42 Å². The summed E-state index contributed by atoms with van der Waals surface area (Å²) in [5.41, 5.74) is 5.58. The molecule has 4 rings (SSSR count). The summed E-state index contributed by atoms with van der Waals surface area (Å²) in [5.74, 6) is -0.492. The predicted octanol–water partition coefficient (Wildman–Crippen LogP) is 6.87. The van der Waals surface area contributed by atoms with Crippen molar-refractivity contribution in [1.29, 1.82) is 0 Å². The molecule has 2 amide bonds. The molecule has 3 aromatic carbocycles. The molecule has 6 heteroatoms. The first-order chi connectivity index (χ1) is 17.4. The molecule has 0 radical (unpaired) electrons. The molecule has 0 aliphatic carbocycles. The molecule has 0 saturated heterocycles. The van der Waals surface area contributed by atoms with Crippen molar-refractivity contribution in [2.45, 2.75) is 33.1 Å². The number of benzene rings is 3. The lowest BCUT2D eigenvalue weighted by Gasteiger charge is -2.12. The number of amides is 2. The Labute approximate surface area is 210 Å². The van der Waals surface area contributed by atoms with Gasteiger partial charge in [0.2, 0.25) is 0 Å². The van der Waals surface area contributed by atoms with Gasteiger partial charge >= 0.3 is 0 Å². The number of hydrogen-bond donors (Lipinski definition) is 2. The number of halogens is 1. The molecule has 1 aromatic heterocycles. The van der Waals surface area contributed by atoms with Gasteiger partial charge in [0.1, 0.15) is 17.2 Å². The first kappa shape index (κ1) is 24.9. The zero-order valence-corrected chi connectivity index (χ0v) is 20.7. The Morgan fingerprint density at radius 1 is 0.972 bits per heavy atom. The van der Waals surface area contributed by atoms with Crippen LogP contribution in [0.15, 0.2) is 77.4 Å². The number of carbonyl (C=O) groups excluding carboxylic acids is 2. The number of fused-ring (bicyclic) bond motifs is 1. The van der Waals surface area contributed by atoms with Crippen molar-refractivity contribution in [1.82, 2.24) is 10.6 Å². The van der Waals surface area contributed by atoms with Gasteiger partial charge < -0.3 is 15.1 Å². The molecule has 0 fully saturated rings. The van der Waals surface area contributed by atoms with Gasteiger partial charge in [-0.25, -0.2) is 4.39 Å². The number of rotatable bonds is 8. The molecule has 0 spiro atoms. The van der Waals surface area contributed by atoms with Crippen molar-refractivity contribution < 1.29 is 18.4 Å². The fourth-order valence-corrected chi connectivity index (χ4v) is 4.23. The summed E-state index contributed by atoms with van der Waals surface area (Å²) >= 11 is 0. The lowest BCUT2D eigenvalue weighted by atomic mass is 9.93. The van der Waals surface area contributed by atoms with E-state index in [2.05, 4.69) is 24.1 Å². The van der Waals surface area contributed by atoms with E-state index in [0.717, 1.165) is 29.5 Å². The maximum Gasteiger partial charge on any atom is 0.255 e. The van der Waals surface area contributed by atoms with Gasteiger partial charge in [-0.15, -0.1) is 0 Å². The standard InChI is InChI=1S/C30H29FN2O3/c1-5-8-20-16-26-25(27(30(35)32-4)28(36-26)19-11-13-23(31)14-12-19)17-24(20)21-9-7-10-22(15-21)29(34)33-18(3)6-2/h7,9-17H,3,5-6,8H2,1-2,4H3,(H,32,35)(H,33,34). The fourth-order valence-electron chi connectivity index (χ4n) is 4.23. The highest BCUT2D eigenvalue weighted by molar-refractivity contribution is 6.12. The van der Waals surface area contributed by atoms with E-state index < -0.39 is 0 Å². The zero-order chi connectivity index (χ0) is 25.8. The Kier molecular flexibility index (Phi) is 7.34. The fraction of sp³-hybridized carbons (Fsp3) is 0.200. The first-order valence-corrected chi connectivity index (χ1v) is 12.0. The second-order valence-corrected chi connectivity index (χ2v) is 8.64. The normalized spacial score (nSPS) is 10.9. The van der Waals surface area contributed by atoms with Crippen LogP contribution in [-0.4, -0.2) is 18.9 Å². The van der Waals surface area contributed by atoms with E-state index in [1.54, 1.807) is 25.2 Å². The van der Waals surface area contributed by atoms with Crippen molar-refractivity contribution in [3.63, 3.8) is 0 Å². The number of carbonyl (C=O) groups is 2. The first-order valence-electron chi connectivity index (χ1n) is 12.0. The molecule has 4 aromatic rings. The van der Waals surface area contributed by atoms with Crippen LogP contribution in [0.4, 0.5) is 4.39 Å². The third-order valence-corrected chi connectivity index (χ3v) is 6.15. The molecule has 1 heterocycles. The molecule has 184 valence electrons. The summed E-state index contributed by atoms with van der Waals surface area (Å²) in [4.78, 5) is 25.7. The average molecular weight is 485 g/mol. The van der Waals surface area contributed by atoms with Gasteiger partial charge in [0.15, 0.2) is 0 Å². The van der Waals surface area contributed by atoms with E-state index >= 15 is 0 Å². The molecule has 0 atom stereocenters. The van der Waals surface area contributed by atoms with Crippen molar-refractivity contribution in [2.24, 2.45) is 0 Å². The number of nitrogens with one attached hydrogen (secondary N) is 2. The highest BCUT2D eigenvalue weighted by atomic mass is 19.1. The number of hydrogen-bond acceptors (Lipinski definition) is 3. The van der Waals surface area contributed by atoms with Crippen molar-refractivity contribution >= 4 is 22.8 Å². The smallest absolute Gasteiger partial charge is 0.255 e. The lowest BCUT2D eigenvalue weighted by Crippen LogP contribution is -2.21. The largest absolute Gasteiger partial charge is 0.455 e. The Morgan fingerprint density at radius 3 is 2.39 bits per heavy atom. The molecule has 0 unspecified atom stereocenters. The maximum absolute atomic E-state index is 13.5. The second-order valence-electron chi connectivity index (χ2n) is 8.64. The topological polar surface area (TPSA) is 71.3 Å². The van der Waals surface area contributed by atoms with E-state index in [0.29, 0.717) is 45.5 Å². The molecule has 36 heavy (non-hydrogen) atoms. The summed E-state index contributed by atoms with van der Waals surface area (Å²) in [6.07, 6.45) is 2.35. The van der Waals surface area contributed by atoms with E-state index in [1.165, 1.54) is 12.1 Å². The van der Waals surface area contributed by atoms with Crippen molar-refractivity contribution in [3.05, 3.63) is 95.4 Å². The molecule has 0 bridgehead atoms. The van der Waals surface area contributed by atoms with Gasteiger partial charge in [-0.3, -0.25) is 9.59 Å². The van der Waals surface area contributed by atoms with Crippen LogP contribution in [0.25, 0.3) is 33.4 Å². The maximum atomic E-state index is 13.5. The quantitative estimate of drug-likeness (QED) is 0.287. The number of furan rings is 1. The SMILES string of the molecule is C=C(CC)NC(=O)c1cccc(-c2cc3c(C(=O)NC)c(-c4ccc(F)cc4)oc3cc2CCC)c1. The molecule has 0 aliphatic heterocycles. The van der Waals surface area contributed by atoms with Crippen LogP contribution in [0.1, 0.15) is 53.0 Å². The van der Waals surface area contributed by atoms with E-state index in [1.807, 2.05) is 37.3 Å². The zero-order valence-electron chi connectivity index (χ0n) is 20.7. The Morgan fingerprint density at radius 2 is 1.72 bits per heavy atom. The Balaban J connectivity index is 1.91. The third kappa shape index (κ3) is 4.93. The van der Waals surface area contributed by atoms with Gasteiger partial charge in [-0.05, 0) is 78.1 Å². The van der Waals surface area contributed by atoms with Gasteiger partial charge in [0.05, 0.1) is 5.56 Å². The van der Waals surface area contributed by atoms with Crippen molar-refractivity contribution in [3.8, 4) is 22.5 Å². The van der Waals surface area contributed by atoms with Crippen LogP contribution in [0.3, 0.4) is 0 Å². The van der Waals surface area contributed by atoms with Crippen LogP contribution < -0.4 is 10.6 Å². The highest BCUT2D eigenvalue weighted by Crippen LogP contribution is 2.38. The van der Waals surface area contributed by atoms with E-state index in [-0.39, 0.29) is 17.6 Å². The van der Waals surface area contributed by atoms with E-state index in [9.17, 15) is 14.0 Å². The van der Waals surface area contributed by atoms with Gasteiger partial charge in [0.25, 0.3) is 11.8 Å². The van der Waals surface area contributed by atoms with Crippen LogP contribution in [0.2, 0.25) is 0 Å². The summed E-state index contributed by atoms with van der Waals surface area (Å²) in [6, 6.07) is 17.2. The number of aryl methyl sites for hydroxylation is 1. The number of allylic oxidation sites excluding steroid dienone is 1. The minimum atomic E-state index is -0.365. The van der Waals surface area contributed by atoms with Gasteiger partial charge in [-0.1, -0.05) is 39.0 Å². The summed E-state index contributed by atoms with van der Waals surface area (Å²) in [7, 11) is 1.56. The Hall–Kier alpha value is -4.19. The minimum absolute atomic E-state index is 0.213. The molecule has 0 aliphatic rings. The van der Waals surface area contributed by atoms with Crippen LogP contribution >= 0.6 is 0 Å². The monoisotopic (exact) mass is 484 g/mol. The van der Waals surface area contributed by atoms with Crippen LogP contribution in [-0.2, 0) is 6.42 Å². The highest BCUT2D eigenvalue weighted by Gasteiger charge is 2.23. The van der Waals surface area contributed by atoms with Gasteiger partial charge in [0, 0.05) is 29.3 Å². The minimum Gasteiger partial charge on any atom is -0.455 e. The van der Waals surface area contributed by atoms with Gasteiger partial charge in [-0.2, -0.15) is 0 Å². The van der Waals surface area contributed by atoms with Crippen LogP contribution in [0, 0.1) is 5.82 Å². The van der Waals surface area contributed by atoms with Crippen molar-refractivity contribution in [2.75, 3.05) is 7.05 Å². The molecule has 5 nitrogen and oxygen atoms in total. The van der Waals surface area contributed by atoms with Crippen LogP contribution in [0.5, 0.6) is 0 Å². The third-order valence-electron chi connectivity index (χ3n) is 6.15. The molecular formula is C30H29FN2O3. The summed E-state index contributed by atoms with van der Waals surface area (Å²) in [6.45, 7) is 7.88. The lowest BCUT2D eigenvalue weighted by molar-refractivity contribution is 0.0956. The summed E-state index contributed by atoms with van der Waals surface area (Å²) < 4.78 is 19.7. The predicted molar refractivity (Wildman–Crippen MR) is 141 cm³/mol. The molecule has 2 N–H and O–H groups in total. The summed E-state index contributed by atoms with van der Waals surface area (Å²) in [5, 5.41) is 6.17. The Bertz CT molecular complexity index is 1450. The molecule has 0 saturated carbocycles. The second kappa shape index (κ2) is 10.6.